The molecule has 6 N–H and O–H groups in total. The van der Waals surface area contributed by atoms with Gasteiger partial charge in [-0.2, -0.15) is 0 Å². The van der Waals surface area contributed by atoms with Crippen LogP contribution >= 0.6 is 0 Å². The van der Waals surface area contributed by atoms with E-state index in [1.165, 1.54) is 31.3 Å². The maximum atomic E-state index is 5.55. The Morgan fingerprint density at radius 1 is 1.04 bits per heavy atom. The molecule has 4 unspecified atom stereocenters. The van der Waals surface area contributed by atoms with E-state index in [0.717, 1.165) is 42.9 Å². The van der Waals surface area contributed by atoms with Crippen LogP contribution in [0.4, 0.5) is 0 Å². The highest BCUT2D eigenvalue weighted by molar-refractivity contribution is 5.26. The van der Waals surface area contributed by atoms with Gasteiger partial charge in [0, 0.05) is 12.8 Å². The minimum absolute atomic E-state index is 0.217. The smallest absolute Gasteiger partial charge is 0.209 e. The first-order valence-corrected chi connectivity index (χ1v) is 11.1. The fourth-order valence-electron chi connectivity index (χ4n) is 8.08. The zero-order valence-corrected chi connectivity index (χ0v) is 17.8. The Morgan fingerprint density at radius 2 is 1.79 bits per heavy atom. The summed E-state index contributed by atoms with van der Waals surface area (Å²) in [4.78, 5) is 15.4. The lowest BCUT2D eigenvalue weighted by atomic mass is 9.47. The second-order valence-corrected chi connectivity index (χ2v) is 10.6. The van der Waals surface area contributed by atoms with Crippen LogP contribution in [0, 0.1) is 40.4 Å². The van der Waals surface area contributed by atoms with Crippen LogP contribution in [0.25, 0.3) is 0 Å². The Kier molecular flexibility index (Phi) is 5.43. The Morgan fingerprint density at radius 3 is 2.46 bits per heavy atom. The molecule has 0 aliphatic heterocycles. The van der Waals surface area contributed by atoms with Gasteiger partial charge in [-0.05, 0) is 78.9 Å². The first kappa shape index (κ1) is 20.8. The summed E-state index contributed by atoms with van der Waals surface area (Å²) in [5.41, 5.74) is 2.08. The van der Waals surface area contributed by atoms with Crippen LogP contribution in [0.1, 0.15) is 72.1 Å². The first-order valence-electron chi connectivity index (χ1n) is 11.1. The molecule has 0 radical (unpaired) electrons. The zero-order chi connectivity index (χ0) is 20.2. The molecule has 0 aromatic carbocycles. The quantitative estimate of drug-likeness (QED) is 0.375. The number of hydrogen-bond acceptors (Lipinski definition) is 6. The third-order valence-corrected chi connectivity index (χ3v) is 9.66. The SMILES string of the molecule is CC(CON)[C@H]1CCC2C3CC=C4CC(ON)(ON)CC[C@]4(C)C3CC[C@@]21C. The molecule has 28 heavy (non-hydrogen) atoms. The minimum atomic E-state index is -0.850. The van der Waals surface area contributed by atoms with Gasteiger partial charge in [-0.1, -0.05) is 32.4 Å². The van der Waals surface area contributed by atoms with E-state index in [4.69, 9.17) is 32.2 Å². The molecular weight excluding hydrogens is 354 g/mol. The summed E-state index contributed by atoms with van der Waals surface area (Å²) >= 11 is 0. The minimum Gasteiger partial charge on any atom is -0.304 e. The number of hydrogen-bond donors (Lipinski definition) is 3. The summed E-state index contributed by atoms with van der Waals surface area (Å²) in [5.74, 6) is 19.2. The van der Waals surface area contributed by atoms with Gasteiger partial charge >= 0.3 is 0 Å². The van der Waals surface area contributed by atoms with Crippen molar-refractivity contribution in [3.05, 3.63) is 11.6 Å². The highest BCUT2D eigenvalue weighted by Crippen LogP contribution is 2.67. The number of fused-ring (bicyclic) bond motifs is 5. The molecule has 6 heteroatoms. The Labute approximate surface area is 169 Å². The fraction of sp³-hybridized carbons (Fsp3) is 0.909. The van der Waals surface area contributed by atoms with Gasteiger partial charge in [0.1, 0.15) is 0 Å². The van der Waals surface area contributed by atoms with Gasteiger partial charge in [-0.15, -0.1) is 0 Å². The topological polar surface area (TPSA) is 106 Å². The van der Waals surface area contributed by atoms with Gasteiger partial charge in [0.25, 0.3) is 0 Å². The lowest BCUT2D eigenvalue weighted by Crippen LogP contribution is -2.54. The van der Waals surface area contributed by atoms with Crippen molar-refractivity contribution in [2.45, 2.75) is 77.9 Å². The van der Waals surface area contributed by atoms with Crippen molar-refractivity contribution < 1.29 is 14.5 Å². The maximum Gasteiger partial charge on any atom is 0.209 e. The maximum absolute atomic E-state index is 5.55. The summed E-state index contributed by atoms with van der Waals surface area (Å²) in [6, 6.07) is 0. The second-order valence-electron chi connectivity index (χ2n) is 10.6. The van der Waals surface area contributed by atoms with Crippen molar-refractivity contribution in [3.8, 4) is 0 Å². The summed E-state index contributed by atoms with van der Waals surface area (Å²) in [7, 11) is 0. The van der Waals surface area contributed by atoms with E-state index in [1.807, 2.05) is 0 Å². The molecule has 4 rings (SSSR count). The van der Waals surface area contributed by atoms with Crippen LogP contribution in [-0.2, 0) is 14.5 Å². The molecule has 0 saturated heterocycles. The van der Waals surface area contributed by atoms with E-state index in [1.54, 1.807) is 0 Å². The van der Waals surface area contributed by atoms with E-state index in [0.29, 0.717) is 24.4 Å². The summed E-state index contributed by atoms with van der Waals surface area (Å²) in [5, 5.41) is 0. The molecular formula is C22H39N3O3. The average Bonchev–Trinajstić information content (AvgIpc) is 3.05. The third-order valence-electron chi connectivity index (χ3n) is 9.66. The third kappa shape index (κ3) is 2.91. The number of allylic oxidation sites excluding steroid dienone is 1. The van der Waals surface area contributed by atoms with Gasteiger partial charge in [-0.3, -0.25) is 9.68 Å². The van der Waals surface area contributed by atoms with Crippen LogP contribution in [0.3, 0.4) is 0 Å². The molecule has 6 nitrogen and oxygen atoms in total. The van der Waals surface area contributed by atoms with Gasteiger partial charge in [0.15, 0.2) is 0 Å². The molecule has 0 spiro atoms. The lowest BCUT2D eigenvalue weighted by Gasteiger charge is -2.59. The van der Waals surface area contributed by atoms with Crippen LogP contribution in [-0.4, -0.2) is 12.4 Å². The van der Waals surface area contributed by atoms with Gasteiger partial charge < -0.3 is 4.84 Å². The second kappa shape index (κ2) is 7.33. The Balaban J connectivity index is 1.59. The molecule has 3 saturated carbocycles. The van der Waals surface area contributed by atoms with Crippen LogP contribution in [0.15, 0.2) is 11.6 Å². The highest BCUT2D eigenvalue weighted by Gasteiger charge is 2.60. The standard InChI is InChI=1S/C22H39N3O3/c1-14(13-26-23)17-6-7-18-16-5-4-15-12-22(27-24,28-25)11-10-20(15,2)19(16)8-9-21(17,18)3/h4,14,16-19H,5-13,23-25H2,1-3H3/t14?,16?,17-,18?,19?,20+,21-/m1/s1. The van der Waals surface area contributed by atoms with Crippen molar-refractivity contribution in [2.75, 3.05) is 6.61 Å². The van der Waals surface area contributed by atoms with Gasteiger partial charge in [-0.25, -0.2) is 17.7 Å². The molecule has 0 heterocycles. The normalized spacial score (nSPS) is 45.6. The number of nitrogens with two attached hydrogens (primary N) is 3. The summed E-state index contributed by atoms with van der Waals surface area (Å²) in [6.45, 7) is 8.00. The predicted octanol–water partition coefficient (Wildman–Crippen LogP) is 3.57. The van der Waals surface area contributed by atoms with Crippen molar-refractivity contribution in [3.63, 3.8) is 0 Å². The van der Waals surface area contributed by atoms with Crippen LogP contribution in [0.5, 0.6) is 0 Å². The van der Waals surface area contributed by atoms with Crippen LogP contribution < -0.4 is 17.7 Å². The molecule has 0 amide bonds. The molecule has 0 aromatic rings. The predicted molar refractivity (Wildman–Crippen MR) is 108 cm³/mol. The fourth-order valence-corrected chi connectivity index (χ4v) is 8.08. The molecule has 4 aliphatic carbocycles. The molecule has 0 aromatic heterocycles. The van der Waals surface area contributed by atoms with Crippen molar-refractivity contribution in [1.29, 1.82) is 0 Å². The van der Waals surface area contributed by atoms with E-state index in [9.17, 15) is 0 Å². The molecule has 7 atom stereocenters. The summed E-state index contributed by atoms with van der Waals surface area (Å²) < 4.78 is 0. The summed E-state index contributed by atoms with van der Waals surface area (Å²) in [6.07, 6.45) is 11.4. The Bertz CT molecular complexity index is 622. The number of rotatable bonds is 5. The van der Waals surface area contributed by atoms with E-state index in [-0.39, 0.29) is 5.41 Å². The lowest BCUT2D eigenvalue weighted by molar-refractivity contribution is -0.261. The monoisotopic (exact) mass is 393 g/mol. The van der Waals surface area contributed by atoms with Crippen molar-refractivity contribution in [2.24, 2.45) is 58.1 Å². The molecule has 0 bridgehead atoms. The van der Waals surface area contributed by atoms with Crippen LogP contribution in [0.2, 0.25) is 0 Å². The van der Waals surface area contributed by atoms with E-state index < -0.39 is 5.79 Å². The molecule has 3 fully saturated rings. The Hall–Kier alpha value is -0.500. The highest BCUT2D eigenvalue weighted by atomic mass is 16.8. The molecule has 160 valence electrons. The largest absolute Gasteiger partial charge is 0.304 e. The van der Waals surface area contributed by atoms with Crippen molar-refractivity contribution >= 4 is 0 Å². The van der Waals surface area contributed by atoms with Crippen molar-refractivity contribution in [1.82, 2.24) is 0 Å². The van der Waals surface area contributed by atoms with E-state index in [2.05, 4.69) is 26.8 Å². The van der Waals surface area contributed by atoms with Gasteiger partial charge in [0.2, 0.25) is 5.79 Å². The average molecular weight is 394 g/mol. The first-order chi connectivity index (χ1) is 13.3. The molecule has 4 aliphatic rings. The van der Waals surface area contributed by atoms with Gasteiger partial charge in [0.05, 0.1) is 6.61 Å². The van der Waals surface area contributed by atoms with E-state index >= 15 is 0 Å². The zero-order valence-electron chi connectivity index (χ0n) is 17.8.